The molecule has 0 bridgehead atoms. The molecule has 12 heteroatoms. The maximum absolute atomic E-state index is 14.1. The number of benzene rings is 2. The van der Waals surface area contributed by atoms with Crippen LogP contribution in [0.3, 0.4) is 0 Å². The Kier molecular flexibility index (Phi) is 10.1. The lowest BCUT2D eigenvalue weighted by Crippen LogP contribution is -2.54. The van der Waals surface area contributed by atoms with Gasteiger partial charge in [-0.1, -0.05) is 55.3 Å². The van der Waals surface area contributed by atoms with Crippen molar-refractivity contribution in [3.63, 3.8) is 0 Å². The molecule has 2 aromatic rings. The van der Waals surface area contributed by atoms with Gasteiger partial charge in [-0.2, -0.15) is 4.31 Å². The molecule has 0 aromatic heterocycles. The number of primary amides is 1. The van der Waals surface area contributed by atoms with Gasteiger partial charge in [0.05, 0.1) is 4.92 Å². The molecule has 2 aromatic carbocycles. The summed E-state index contributed by atoms with van der Waals surface area (Å²) in [5.41, 5.74) is 4.76. The number of para-hydroxylation sites is 1. The van der Waals surface area contributed by atoms with Gasteiger partial charge in [-0.15, -0.1) is 0 Å². The predicted molar refractivity (Wildman–Crippen MR) is 154 cm³/mol. The molecule has 41 heavy (non-hydrogen) atoms. The number of nitrogens with two attached hydrogens (primary N) is 1. The smallest absolute Gasteiger partial charge is 0.289 e. The average molecular weight is 586 g/mol. The Morgan fingerprint density at radius 3 is 2.34 bits per heavy atom. The van der Waals surface area contributed by atoms with Crippen LogP contribution in [0.1, 0.15) is 50.5 Å². The number of carbonyl (C=O) groups excluding carboxylic acids is 2. The molecule has 1 saturated carbocycles. The number of nitro benzene ring substituents is 1. The summed E-state index contributed by atoms with van der Waals surface area (Å²) in [6.07, 6.45) is 4.80. The number of nitro groups is 1. The fraction of sp³-hybridized carbons (Fsp3) is 0.517. The van der Waals surface area contributed by atoms with Crippen LogP contribution in [0.2, 0.25) is 0 Å². The number of piperidine rings is 1. The zero-order valence-corrected chi connectivity index (χ0v) is 24.0. The van der Waals surface area contributed by atoms with Crippen LogP contribution >= 0.6 is 0 Å². The van der Waals surface area contributed by atoms with Crippen LogP contribution in [0.4, 0.5) is 5.69 Å². The molecular formula is C29H39N5O6S. The van der Waals surface area contributed by atoms with Gasteiger partial charge in [-0.05, 0) is 69.2 Å². The van der Waals surface area contributed by atoms with Crippen LogP contribution < -0.4 is 16.4 Å². The second-order valence-electron chi connectivity index (χ2n) is 11.1. The second-order valence-corrected chi connectivity index (χ2v) is 13.0. The fourth-order valence-electron chi connectivity index (χ4n) is 5.96. The number of nitrogens with zero attached hydrogens (tertiary/aromatic N) is 2. The highest BCUT2D eigenvalue weighted by molar-refractivity contribution is 7.89. The van der Waals surface area contributed by atoms with Crippen molar-refractivity contribution in [2.24, 2.45) is 17.1 Å². The van der Waals surface area contributed by atoms with Crippen molar-refractivity contribution < 1.29 is 22.9 Å². The zero-order valence-electron chi connectivity index (χ0n) is 23.2. The van der Waals surface area contributed by atoms with Crippen molar-refractivity contribution in [3.8, 4) is 0 Å². The first-order valence-electron chi connectivity index (χ1n) is 14.2. The van der Waals surface area contributed by atoms with Gasteiger partial charge in [0.2, 0.25) is 21.8 Å². The molecule has 2 amide bonds. The number of hydrogen-bond donors (Lipinski definition) is 3. The zero-order chi connectivity index (χ0) is 29.5. The van der Waals surface area contributed by atoms with Crippen LogP contribution in [-0.2, 0) is 26.0 Å². The molecule has 1 aliphatic carbocycles. The first-order chi connectivity index (χ1) is 19.6. The van der Waals surface area contributed by atoms with Crippen molar-refractivity contribution in [1.82, 2.24) is 14.9 Å². The van der Waals surface area contributed by atoms with E-state index >= 15 is 0 Å². The number of nitrogens with one attached hydrogen (secondary N) is 2. The highest BCUT2D eigenvalue weighted by atomic mass is 32.2. The largest absolute Gasteiger partial charge is 0.369 e. The lowest BCUT2D eigenvalue weighted by molar-refractivity contribution is -0.387. The van der Waals surface area contributed by atoms with E-state index in [9.17, 15) is 28.1 Å². The maximum Gasteiger partial charge on any atom is 0.289 e. The van der Waals surface area contributed by atoms with Crippen LogP contribution in [0, 0.1) is 21.4 Å². The first-order valence-corrected chi connectivity index (χ1v) is 15.7. The van der Waals surface area contributed by atoms with E-state index in [0.717, 1.165) is 31.5 Å². The van der Waals surface area contributed by atoms with E-state index in [0.29, 0.717) is 44.4 Å². The molecule has 0 radical (unpaired) electrons. The summed E-state index contributed by atoms with van der Waals surface area (Å²) in [5, 5.41) is 18.0. The fourth-order valence-corrected chi connectivity index (χ4v) is 7.62. The summed E-state index contributed by atoms with van der Waals surface area (Å²) in [6, 6.07) is 14.0. The van der Waals surface area contributed by atoms with E-state index in [1.54, 1.807) is 0 Å². The van der Waals surface area contributed by atoms with Crippen LogP contribution in [0.15, 0.2) is 59.5 Å². The number of hydrogen-bond acceptors (Lipinski definition) is 7. The third kappa shape index (κ3) is 7.30. The van der Waals surface area contributed by atoms with Gasteiger partial charge in [0, 0.05) is 25.2 Å². The lowest BCUT2D eigenvalue weighted by atomic mass is 9.84. The first kappa shape index (κ1) is 30.6. The third-order valence-corrected chi connectivity index (χ3v) is 10.3. The minimum Gasteiger partial charge on any atom is -0.369 e. The van der Waals surface area contributed by atoms with Gasteiger partial charge < -0.3 is 16.4 Å². The Morgan fingerprint density at radius 2 is 1.71 bits per heavy atom. The SMILES string of the molecule is NC(=O)C1(C(=O)N[C@H](Cc2ccccc2)CN(CCC2CCNCC2)S(=O)(=O)c2ccccc2[N+](=O)[O-])CCCC1. The molecule has 1 saturated heterocycles. The van der Waals surface area contributed by atoms with Crippen molar-refractivity contribution >= 4 is 27.5 Å². The number of amides is 2. The number of carbonyl (C=O) groups is 2. The summed E-state index contributed by atoms with van der Waals surface area (Å²) in [5.74, 6) is -0.871. The molecule has 2 fully saturated rings. The lowest BCUT2D eigenvalue weighted by Gasteiger charge is -2.32. The molecule has 1 aliphatic heterocycles. The predicted octanol–water partition coefficient (Wildman–Crippen LogP) is 2.75. The average Bonchev–Trinajstić information content (AvgIpc) is 3.48. The van der Waals surface area contributed by atoms with Gasteiger partial charge in [0.1, 0.15) is 5.41 Å². The number of rotatable bonds is 13. The van der Waals surface area contributed by atoms with E-state index in [-0.39, 0.29) is 18.0 Å². The van der Waals surface area contributed by atoms with Crippen LogP contribution in [-0.4, -0.2) is 61.7 Å². The Hall–Kier alpha value is -3.35. The topological polar surface area (TPSA) is 165 Å². The molecule has 1 heterocycles. The molecule has 0 unspecified atom stereocenters. The summed E-state index contributed by atoms with van der Waals surface area (Å²) < 4.78 is 29.4. The minimum atomic E-state index is -4.32. The van der Waals surface area contributed by atoms with Crippen molar-refractivity contribution in [1.29, 1.82) is 0 Å². The van der Waals surface area contributed by atoms with Crippen LogP contribution in [0.5, 0.6) is 0 Å². The van der Waals surface area contributed by atoms with E-state index in [4.69, 9.17) is 5.73 Å². The monoisotopic (exact) mass is 585 g/mol. The Bertz CT molecular complexity index is 1320. The molecule has 2 aliphatic rings. The molecular weight excluding hydrogens is 546 g/mol. The summed E-state index contributed by atoms with van der Waals surface area (Å²) in [7, 11) is -4.32. The minimum absolute atomic E-state index is 0.116. The maximum atomic E-state index is 14.1. The molecule has 1 atom stereocenters. The highest BCUT2D eigenvalue weighted by Gasteiger charge is 2.47. The molecule has 222 valence electrons. The van der Waals surface area contributed by atoms with Crippen molar-refractivity contribution in [2.75, 3.05) is 26.2 Å². The normalized spacial score (nSPS) is 18.2. The van der Waals surface area contributed by atoms with E-state index in [1.165, 1.54) is 28.6 Å². The van der Waals surface area contributed by atoms with Gasteiger partial charge in [0.15, 0.2) is 4.90 Å². The van der Waals surface area contributed by atoms with E-state index in [2.05, 4.69) is 10.6 Å². The van der Waals surface area contributed by atoms with Crippen molar-refractivity contribution in [3.05, 3.63) is 70.3 Å². The van der Waals surface area contributed by atoms with Gasteiger partial charge in [-0.25, -0.2) is 8.42 Å². The highest BCUT2D eigenvalue weighted by Crippen LogP contribution is 2.38. The molecule has 11 nitrogen and oxygen atoms in total. The molecule has 4 rings (SSSR count). The van der Waals surface area contributed by atoms with Crippen LogP contribution in [0.25, 0.3) is 0 Å². The Morgan fingerprint density at radius 1 is 1.07 bits per heavy atom. The molecule has 4 N–H and O–H groups in total. The van der Waals surface area contributed by atoms with Gasteiger partial charge in [0.25, 0.3) is 5.69 Å². The van der Waals surface area contributed by atoms with E-state index < -0.39 is 43.9 Å². The Balaban J connectivity index is 1.67. The van der Waals surface area contributed by atoms with Gasteiger partial charge in [-0.3, -0.25) is 19.7 Å². The summed E-state index contributed by atoms with van der Waals surface area (Å²) in [6.45, 7) is 1.73. The standard InChI is InChI=1S/C29H39N5O6S/c30-27(35)29(15-6-7-16-29)28(36)32-24(20-23-8-2-1-3-9-23)21-33(19-14-22-12-17-31-18-13-22)41(39,40)26-11-5-4-10-25(26)34(37)38/h1-5,8-11,22,24,31H,6-7,12-21H2,(H2,30,35)(H,32,36)/t24-/m1/s1. The van der Waals surface area contributed by atoms with Crippen molar-refractivity contribution in [2.45, 2.75) is 62.3 Å². The van der Waals surface area contributed by atoms with E-state index in [1.807, 2.05) is 30.3 Å². The molecule has 0 spiro atoms. The Labute approximate surface area is 241 Å². The summed E-state index contributed by atoms with van der Waals surface area (Å²) >= 11 is 0. The second kappa shape index (κ2) is 13.5. The summed E-state index contributed by atoms with van der Waals surface area (Å²) in [4.78, 5) is 36.7. The third-order valence-electron chi connectivity index (χ3n) is 8.37. The van der Waals surface area contributed by atoms with Gasteiger partial charge >= 0.3 is 0 Å². The quantitative estimate of drug-likeness (QED) is 0.185. The number of sulfonamides is 1.